The predicted octanol–water partition coefficient (Wildman–Crippen LogP) is 2.24. The minimum atomic E-state index is -0.271. The van der Waals surface area contributed by atoms with Gasteiger partial charge >= 0.3 is 0 Å². The molecule has 0 fully saturated rings. The van der Waals surface area contributed by atoms with E-state index in [-0.39, 0.29) is 6.10 Å². The molecule has 0 spiro atoms. The second-order valence-corrected chi connectivity index (χ2v) is 5.53. The van der Waals surface area contributed by atoms with Crippen molar-refractivity contribution in [3.63, 3.8) is 0 Å². The Labute approximate surface area is 131 Å². The summed E-state index contributed by atoms with van der Waals surface area (Å²) >= 11 is 0. The molecule has 5 nitrogen and oxygen atoms in total. The summed E-state index contributed by atoms with van der Waals surface area (Å²) in [5, 5.41) is 12.6. The fourth-order valence-electron chi connectivity index (χ4n) is 2.28. The molecular weight excluding hydrogens is 276 g/mol. The van der Waals surface area contributed by atoms with Gasteiger partial charge in [-0.1, -0.05) is 30.3 Å². The van der Waals surface area contributed by atoms with Crippen molar-refractivity contribution in [2.75, 3.05) is 13.1 Å². The maximum atomic E-state index is 9.29. The zero-order valence-electron chi connectivity index (χ0n) is 13.2. The van der Waals surface area contributed by atoms with E-state index >= 15 is 0 Å². The Morgan fingerprint density at radius 1 is 1.32 bits per heavy atom. The van der Waals surface area contributed by atoms with Gasteiger partial charge in [0, 0.05) is 24.4 Å². The number of benzene rings is 1. The van der Waals surface area contributed by atoms with Crippen molar-refractivity contribution in [2.45, 2.75) is 32.4 Å². The minimum Gasteiger partial charge on any atom is -0.393 e. The van der Waals surface area contributed by atoms with E-state index in [1.807, 2.05) is 30.3 Å². The van der Waals surface area contributed by atoms with Crippen LogP contribution in [0.4, 0.5) is 0 Å². The smallest absolute Gasteiger partial charge is 0.137 e. The normalized spacial score (nSPS) is 14.3. The average molecular weight is 300 g/mol. The van der Waals surface area contributed by atoms with Crippen LogP contribution in [-0.2, 0) is 0 Å². The molecule has 22 heavy (non-hydrogen) atoms. The number of imidazole rings is 1. The van der Waals surface area contributed by atoms with Crippen LogP contribution in [0.15, 0.2) is 41.5 Å². The Morgan fingerprint density at radius 3 is 2.82 bits per heavy atom. The highest BCUT2D eigenvalue weighted by Gasteiger charge is 2.04. The first-order valence-electron chi connectivity index (χ1n) is 7.67. The topological polar surface area (TPSA) is 73.3 Å². The van der Waals surface area contributed by atoms with Crippen LogP contribution in [-0.4, -0.2) is 46.5 Å². The highest BCUT2D eigenvalue weighted by molar-refractivity contribution is 5.78. The molecule has 0 aliphatic carbocycles. The number of aromatic nitrogens is 2. The van der Waals surface area contributed by atoms with Crippen molar-refractivity contribution in [2.24, 2.45) is 4.99 Å². The third kappa shape index (κ3) is 5.42. The van der Waals surface area contributed by atoms with Crippen LogP contribution < -0.4 is 5.32 Å². The first kappa shape index (κ1) is 16.4. The molecular formula is C17H24N4O. The number of H-pyrrole nitrogens is 1. The van der Waals surface area contributed by atoms with Crippen LogP contribution in [0.1, 0.15) is 26.0 Å². The van der Waals surface area contributed by atoms with Crippen molar-refractivity contribution < 1.29 is 5.11 Å². The van der Waals surface area contributed by atoms with Gasteiger partial charge in [-0.2, -0.15) is 0 Å². The third-order valence-electron chi connectivity index (χ3n) is 3.30. The van der Waals surface area contributed by atoms with Crippen molar-refractivity contribution in [1.29, 1.82) is 0 Å². The van der Waals surface area contributed by atoms with E-state index in [0.717, 1.165) is 30.0 Å². The number of aliphatic imine (C=N–C) groups is 1. The highest BCUT2D eigenvalue weighted by atomic mass is 16.3. The largest absolute Gasteiger partial charge is 0.393 e. The van der Waals surface area contributed by atoms with Crippen molar-refractivity contribution in [3.8, 4) is 11.4 Å². The minimum absolute atomic E-state index is 0.271. The second-order valence-electron chi connectivity index (χ2n) is 5.53. The zero-order chi connectivity index (χ0) is 15.8. The van der Waals surface area contributed by atoms with Crippen molar-refractivity contribution >= 4 is 6.21 Å². The number of aliphatic hydroxyl groups is 1. The first-order chi connectivity index (χ1) is 10.6. The lowest BCUT2D eigenvalue weighted by Crippen LogP contribution is -2.31. The summed E-state index contributed by atoms with van der Waals surface area (Å²) in [7, 11) is 0. The van der Waals surface area contributed by atoms with Crippen molar-refractivity contribution in [3.05, 3.63) is 42.2 Å². The Bertz CT molecular complexity index is 577. The molecule has 1 aromatic heterocycles. The Kier molecular flexibility index (Phi) is 6.30. The van der Waals surface area contributed by atoms with Gasteiger partial charge in [0.15, 0.2) is 0 Å². The number of nitrogens with one attached hydrogen (secondary N) is 2. The predicted molar refractivity (Wildman–Crippen MR) is 90.2 cm³/mol. The average Bonchev–Trinajstić information content (AvgIpc) is 2.96. The van der Waals surface area contributed by atoms with Gasteiger partial charge in [-0.05, 0) is 20.3 Å². The Balaban J connectivity index is 1.76. The molecule has 0 aliphatic rings. The molecule has 5 heteroatoms. The van der Waals surface area contributed by atoms with Gasteiger partial charge in [-0.15, -0.1) is 0 Å². The maximum Gasteiger partial charge on any atom is 0.137 e. The van der Waals surface area contributed by atoms with E-state index in [0.29, 0.717) is 12.6 Å². The van der Waals surface area contributed by atoms with Gasteiger partial charge in [0.1, 0.15) is 5.82 Å². The molecule has 118 valence electrons. The summed E-state index contributed by atoms with van der Waals surface area (Å²) in [5.74, 6) is 0.853. The molecule has 2 atom stereocenters. The summed E-state index contributed by atoms with van der Waals surface area (Å²) in [6.07, 6.45) is 4.08. The lowest BCUT2D eigenvalue weighted by Gasteiger charge is -2.14. The molecule has 3 N–H and O–H groups in total. The summed E-state index contributed by atoms with van der Waals surface area (Å²) in [4.78, 5) is 12.0. The Morgan fingerprint density at radius 2 is 2.09 bits per heavy atom. The van der Waals surface area contributed by atoms with E-state index in [1.165, 1.54) is 0 Å². The van der Waals surface area contributed by atoms with E-state index in [4.69, 9.17) is 0 Å². The molecule has 1 heterocycles. The van der Waals surface area contributed by atoms with Gasteiger partial charge in [0.05, 0.1) is 24.5 Å². The van der Waals surface area contributed by atoms with Gasteiger partial charge in [0.25, 0.3) is 0 Å². The molecule has 2 rings (SSSR count). The number of aliphatic hydroxyl groups excluding tert-OH is 1. The fraction of sp³-hybridized carbons (Fsp3) is 0.412. The summed E-state index contributed by atoms with van der Waals surface area (Å²) < 4.78 is 0. The summed E-state index contributed by atoms with van der Waals surface area (Å²) in [6.45, 7) is 5.37. The highest BCUT2D eigenvalue weighted by Crippen LogP contribution is 2.13. The molecule has 2 unspecified atom stereocenters. The monoisotopic (exact) mass is 300 g/mol. The Hall–Kier alpha value is -1.98. The lowest BCUT2D eigenvalue weighted by atomic mass is 10.1. The number of nitrogens with zero attached hydrogens (tertiary/aromatic N) is 2. The second kappa shape index (κ2) is 8.46. The third-order valence-corrected chi connectivity index (χ3v) is 3.30. The number of hydrogen-bond donors (Lipinski definition) is 3. The zero-order valence-corrected chi connectivity index (χ0v) is 13.2. The van der Waals surface area contributed by atoms with Crippen LogP contribution in [0.5, 0.6) is 0 Å². The van der Waals surface area contributed by atoms with Gasteiger partial charge in [0.2, 0.25) is 0 Å². The number of hydrogen-bond acceptors (Lipinski definition) is 4. The molecule has 0 saturated heterocycles. The van der Waals surface area contributed by atoms with E-state index in [2.05, 4.69) is 27.2 Å². The SMILES string of the molecule is CC(O)CC(C)NCCN=Cc1cnc(-c2ccccc2)[nH]1. The van der Waals surface area contributed by atoms with Crippen LogP contribution in [0.3, 0.4) is 0 Å². The van der Waals surface area contributed by atoms with Crippen LogP contribution in [0.2, 0.25) is 0 Å². The molecule has 0 saturated carbocycles. The first-order valence-corrected chi connectivity index (χ1v) is 7.67. The van der Waals surface area contributed by atoms with Crippen LogP contribution in [0, 0.1) is 0 Å². The van der Waals surface area contributed by atoms with E-state index < -0.39 is 0 Å². The fourth-order valence-corrected chi connectivity index (χ4v) is 2.28. The van der Waals surface area contributed by atoms with Crippen molar-refractivity contribution in [1.82, 2.24) is 15.3 Å². The molecule has 1 aromatic carbocycles. The molecule has 0 aliphatic heterocycles. The maximum absolute atomic E-state index is 9.29. The molecule has 2 aromatic rings. The van der Waals surface area contributed by atoms with E-state index in [9.17, 15) is 5.11 Å². The van der Waals surface area contributed by atoms with Crippen LogP contribution in [0.25, 0.3) is 11.4 Å². The molecule has 0 amide bonds. The standard InChI is InChI=1S/C17H24N4O/c1-13(10-14(2)22)19-9-8-18-11-16-12-20-17(21-16)15-6-4-3-5-7-15/h3-7,11-14,19,22H,8-10H2,1-2H3,(H,20,21). The number of rotatable bonds is 8. The lowest BCUT2D eigenvalue weighted by molar-refractivity contribution is 0.171. The molecule has 0 bridgehead atoms. The van der Waals surface area contributed by atoms with Gasteiger partial charge in [-0.25, -0.2) is 4.98 Å². The molecule has 0 radical (unpaired) electrons. The summed E-state index contributed by atoms with van der Waals surface area (Å²) in [6, 6.07) is 10.3. The van der Waals surface area contributed by atoms with E-state index in [1.54, 1.807) is 19.3 Å². The number of aromatic amines is 1. The summed E-state index contributed by atoms with van der Waals surface area (Å²) in [5.41, 5.74) is 1.96. The van der Waals surface area contributed by atoms with Gasteiger partial charge < -0.3 is 15.4 Å². The van der Waals surface area contributed by atoms with Gasteiger partial charge in [-0.3, -0.25) is 4.99 Å². The van der Waals surface area contributed by atoms with Crippen LogP contribution >= 0.6 is 0 Å². The quantitative estimate of drug-likeness (QED) is 0.517.